The third-order valence-electron chi connectivity index (χ3n) is 4.37. The van der Waals surface area contributed by atoms with Gasteiger partial charge in [0.2, 0.25) is 0 Å². The minimum atomic E-state index is -4.94. The van der Waals surface area contributed by atoms with Crippen LogP contribution in [-0.2, 0) is 10.0 Å². The van der Waals surface area contributed by atoms with Crippen LogP contribution in [0.4, 0.5) is 18.9 Å². The van der Waals surface area contributed by atoms with E-state index in [9.17, 15) is 21.6 Å². The van der Waals surface area contributed by atoms with Crippen LogP contribution in [-0.4, -0.2) is 35.0 Å². The number of anilines is 1. The maximum atomic E-state index is 12.8. The molecule has 0 saturated carbocycles. The zero-order valence-corrected chi connectivity index (χ0v) is 15.7. The fraction of sp³-hybridized carbons (Fsp3) is 0.333. The summed E-state index contributed by atoms with van der Waals surface area (Å²) < 4.78 is 74.7. The van der Waals surface area contributed by atoms with Gasteiger partial charge in [-0.2, -0.15) is 0 Å². The summed E-state index contributed by atoms with van der Waals surface area (Å²) in [6, 6.07) is 9.34. The zero-order valence-electron chi connectivity index (χ0n) is 14.9. The van der Waals surface area contributed by atoms with Crippen molar-refractivity contribution in [2.24, 2.45) is 0 Å². The van der Waals surface area contributed by atoms with Gasteiger partial charge in [0.05, 0.1) is 17.7 Å². The van der Waals surface area contributed by atoms with Crippen molar-refractivity contribution in [3.05, 3.63) is 48.0 Å². The van der Waals surface area contributed by atoms with Gasteiger partial charge in [-0.05, 0) is 48.9 Å². The summed E-state index contributed by atoms with van der Waals surface area (Å²) in [5, 5.41) is 3.21. The molecule has 0 bridgehead atoms. The molecule has 0 radical (unpaired) electrons. The highest BCUT2D eigenvalue weighted by Gasteiger charge is 2.32. The van der Waals surface area contributed by atoms with Crippen molar-refractivity contribution >= 4 is 15.7 Å². The molecule has 1 atom stereocenters. The molecule has 1 fully saturated rings. The largest absolute Gasteiger partial charge is 0.573 e. The standard InChI is InChI=1S/C18H19F3N2O4S/c1-26-16-7-6-13(10-14(16)12-8-9-22-11-12)28(24,25)23-15-4-2-3-5-17(15)27-18(19,20)21/h2-7,10,12,22-23H,8-9,11H2,1H3. The predicted molar refractivity (Wildman–Crippen MR) is 97.2 cm³/mol. The molecule has 2 N–H and O–H groups in total. The summed E-state index contributed by atoms with van der Waals surface area (Å²) in [4.78, 5) is -0.0722. The van der Waals surface area contributed by atoms with Crippen LogP contribution >= 0.6 is 0 Å². The summed E-state index contributed by atoms with van der Waals surface area (Å²) in [6.45, 7) is 1.50. The van der Waals surface area contributed by atoms with Gasteiger partial charge in [0.15, 0.2) is 5.75 Å². The van der Waals surface area contributed by atoms with E-state index in [-0.39, 0.29) is 16.5 Å². The summed E-state index contributed by atoms with van der Waals surface area (Å²) >= 11 is 0. The Morgan fingerprint density at radius 1 is 1.14 bits per heavy atom. The third kappa shape index (κ3) is 4.68. The van der Waals surface area contributed by atoms with E-state index in [2.05, 4.69) is 14.8 Å². The van der Waals surface area contributed by atoms with Crippen molar-refractivity contribution < 1.29 is 31.1 Å². The Labute approximate surface area is 160 Å². The van der Waals surface area contributed by atoms with Crippen molar-refractivity contribution in [3.63, 3.8) is 0 Å². The number of methoxy groups -OCH3 is 1. The van der Waals surface area contributed by atoms with Gasteiger partial charge < -0.3 is 14.8 Å². The van der Waals surface area contributed by atoms with Crippen LogP contribution < -0.4 is 19.5 Å². The van der Waals surface area contributed by atoms with E-state index < -0.39 is 22.1 Å². The Morgan fingerprint density at radius 3 is 2.54 bits per heavy atom. The molecule has 0 amide bonds. The fourth-order valence-electron chi connectivity index (χ4n) is 3.09. The van der Waals surface area contributed by atoms with Gasteiger partial charge in [0.1, 0.15) is 5.75 Å². The highest BCUT2D eigenvalue weighted by atomic mass is 32.2. The summed E-state index contributed by atoms with van der Waals surface area (Å²) in [5.41, 5.74) is 0.426. The summed E-state index contributed by atoms with van der Waals surface area (Å²) in [7, 11) is -2.64. The third-order valence-corrected chi connectivity index (χ3v) is 5.73. The van der Waals surface area contributed by atoms with Crippen molar-refractivity contribution in [2.45, 2.75) is 23.6 Å². The predicted octanol–water partition coefficient (Wildman–Crippen LogP) is 3.47. The number of para-hydroxylation sites is 2. The number of nitrogens with one attached hydrogen (secondary N) is 2. The minimum Gasteiger partial charge on any atom is -0.496 e. The van der Waals surface area contributed by atoms with Gasteiger partial charge in [-0.25, -0.2) is 8.42 Å². The van der Waals surface area contributed by atoms with Crippen molar-refractivity contribution in [2.75, 3.05) is 24.9 Å². The minimum absolute atomic E-state index is 0.0722. The molecule has 2 aromatic carbocycles. The van der Waals surface area contributed by atoms with E-state index in [4.69, 9.17) is 4.74 Å². The van der Waals surface area contributed by atoms with Crippen LogP contribution in [0.15, 0.2) is 47.4 Å². The fourth-order valence-corrected chi connectivity index (χ4v) is 4.19. The van der Waals surface area contributed by atoms with E-state index in [1.54, 1.807) is 6.07 Å². The van der Waals surface area contributed by atoms with Gasteiger partial charge >= 0.3 is 6.36 Å². The normalized spacial score (nSPS) is 17.4. The average molecular weight is 416 g/mol. The average Bonchev–Trinajstić information content (AvgIpc) is 3.16. The van der Waals surface area contributed by atoms with Gasteiger partial charge in [0.25, 0.3) is 10.0 Å². The Hall–Kier alpha value is -2.46. The van der Waals surface area contributed by atoms with Crippen LogP contribution in [0.3, 0.4) is 0 Å². The molecule has 0 aromatic heterocycles. The van der Waals surface area contributed by atoms with E-state index in [0.29, 0.717) is 12.3 Å². The Bertz CT molecular complexity index is 942. The molecule has 0 aliphatic carbocycles. The SMILES string of the molecule is COc1ccc(S(=O)(=O)Nc2ccccc2OC(F)(F)F)cc1C1CCNC1. The molecule has 1 heterocycles. The number of ether oxygens (including phenoxy) is 2. The Morgan fingerprint density at radius 2 is 1.89 bits per heavy atom. The first-order valence-corrected chi connectivity index (χ1v) is 9.94. The van der Waals surface area contributed by atoms with Crippen molar-refractivity contribution in [1.82, 2.24) is 5.32 Å². The molecule has 0 spiro atoms. The van der Waals surface area contributed by atoms with Crippen LogP contribution in [0.5, 0.6) is 11.5 Å². The lowest BCUT2D eigenvalue weighted by molar-refractivity contribution is -0.274. The topological polar surface area (TPSA) is 76.7 Å². The maximum Gasteiger partial charge on any atom is 0.573 e. The van der Waals surface area contributed by atoms with E-state index in [1.807, 2.05) is 0 Å². The van der Waals surface area contributed by atoms with E-state index in [0.717, 1.165) is 24.6 Å². The van der Waals surface area contributed by atoms with Gasteiger partial charge in [-0.3, -0.25) is 4.72 Å². The highest BCUT2D eigenvalue weighted by Crippen LogP contribution is 2.35. The molecular weight excluding hydrogens is 397 g/mol. The van der Waals surface area contributed by atoms with E-state index in [1.165, 1.54) is 37.4 Å². The second kappa shape index (κ2) is 7.88. The number of alkyl halides is 3. The molecule has 1 aliphatic heterocycles. The second-order valence-corrected chi connectivity index (χ2v) is 7.93. The molecular formula is C18H19F3N2O4S. The number of hydrogen-bond acceptors (Lipinski definition) is 5. The monoisotopic (exact) mass is 416 g/mol. The van der Waals surface area contributed by atoms with Crippen LogP contribution in [0.2, 0.25) is 0 Å². The van der Waals surface area contributed by atoms with Crippen molar-refractivity contribution in [3.8, 4) is 11.5 Å². The van der Waals surface area contributed by atoms with Crippen molar-refractivity contribution in [1.29, 1.82) is 0 Å². The zero-order chi connectivity index (χ0) is 20.4. The lowest BCUT2D eigenvalue weighted by Gasteiger charge is -2.17. The maximum absolute atomic E-state index is 12.8. The van der Waals surface area contributed by atoms with Crippen LogP contribution in [0, 0.1) is 0 Å². The molecule has 2 aromatic rings. The summed E-state index contributed by atoms with van der Waals surface area (Å²) in [5.74, 6) is 0.0201. The molecule has 1 saturated heterocycles. The molecule has 10 heteroatoms. The first kappa shape index (κ1) is 20.3. The van der Waals surface area contributed by atoms with Gasteiger partial charge in [-0.1, -0.05) is 12.1 Å². The van der Waals surface area contributed by atoms with E-state index >= 15 is 0 Å². The second-order valence-electron chi connectivity index (χ2n) is 6.24. The number of hydrogen-bond donors (Lipinski definition) is 2. The summed E-state index contributed by atoms with van der Waals surface area (Å²) in [6.07, 6.45) is -4.11. The molecule has 28 heavy (non-hydrogen) atoms. The van der Waals surface area contributed by atoms with Gasteiger partial charge in [0, 0.05) is 12.5 Å². The quantitative estimate of drug-likeness (QED) is 0.754. The molecule has 1 unspecified atom stereocenters. The van der Waals surface area contributed by atoms with Gasteiger partial charge in [-0.15, -0.1) is 13.2 Å². The number of halogens is 3. The first-order chi connectivity index (χ1) is 13.2. The molecule has 1 aliphatic rings. The van der Waals surface area contributed by atoms with Crippen LogP contribution in [0.25, 0.3) is 0 Å². The lowest BCUT2D eigenvalue weighted by Crippen LogP contribution is -2.20. The first-order valence-electron chi connectivity index (χ1n) is 8.46. The molecule has 152 valence electrons. The molecule has 6 nitrogen and oxygen atoms in total. The smallest absolute Gasteiger partial charge is 0.496 e. The van der Waals surface area contributed by atoms with Crippen LogP contribution in [0.1, 0.15) is 17.9 Å². The lowest BCUT2D eigenvalue weighted by atomic mass is 9.97. The molecule has 3 rings (SSSR count). The number of benzene rings is 2. The number of sulfonamides is 1. The Balaban J connectivity index is 1.93. The number of rotatable bonds is 6. The Kier molecular flexibility index (Phi) is 5.71. The highest BCUT2D eigenvalue weighted by molar-refractivity contribution is 7.92.